The largest absolute Gasteiger partial charge is 0.354 e. The summed E-state index contributed by atoms with van der Waals surface area (Å²) < 4.78 is 75.2. The minimum absolute atomic E-state index is 0.112. The molecule has 0 radical (unpaired) electrons. The molecule has 5 rings (SSSR count). The van der Waals surface area contributed by atoms with Crippen molar-refractivity contribution in [1.82, 2.24) is 30.1 Å². The second-order valence-electron chi connectivity index (χ2n) is 8.42. The summed E-state index contributed by atoms with van der Waals surface area (Å²) in [5, 5.41) is 14.3. The van der Waals surface area contributed by atoms with Crippen LogP contribution in [0.1, 0.15) is 11.5 Å². The van der Waals surface area contributed by atoms with Crippen molar-refractivity contribution < 1.29 is 34.5 Å². The van der Waals surface area contributed by atoms with Gasteiger partial charge in [0.1, 0.15) is 29.5 Å². The molecular formula is C20H21N9O8S3. The van der Waals surface area contributed by atoms with Gasteiger partial charge in [-0.3, -0.25) is 14.1 Å². The van der Waals surface area contributed by atoms with E-state index in [1.807, 2.05) is 6.07 Å². The summed E-state index contributed by atoms with van der Waals surface area (Å²) in [7, 11) is -8.67. The van der Waals surface area contributed by atoms with E-state index in [0.29, 0.717) is 40.1 Å². The zero-order valence-corrected chi connectivity index (χ0v) is 23.0. The van der Waals surface area contributed by atoms with Crippen LogP contribution >= 0.6 is 12.3 Å². The van der Waals surface area contributed by atoms with Crippen LogP contribution in [-0.4, -0.2) is 98.6 Å². The molecular weight excluding hydrogens is 590 g/mol. The summed E-state index contributed by atoms with van der Waals surface area (Å²) in [6.07, 6.45) is 1.62. The van der Waals surface area contributed by atoms with Gasteiger partial charge in [-0.2, -0.15) is 35.2 Å². The highest BCUT2D eigenvalue weighted by Gasteiger charge is 2.33. The van der Waals surface area contributed by atoms with E-state index in [1.165, 1.54) is 20.9 Å². The second-order valence-corrected chi connectivity index (χ2v) is 12.0. The fourth-order valence-corrected chi connectivity index (χ4v) is 4.85. The van der Waals surface area contributed by atoms with Crippen LogP contribution in [0.3, 0.4) is 0 Å². The van der Waals surface area contributed by atoms with Crippen molar-refractivity contribution >= 4 is 55.5 Å². The van der Waals surface area contributed by atoms with E-state index in [0.717, 1.165) is 12.3 Å². The van der Waals surface area contributed by atoms with Crippen molar-refractivity contribution in [1.29, 1.82) is 0 Å². The Morgan fingerprint density at radius 1 is 1.00 bits per heavy atom. The van der Waals surface area contributed by atoms with Crippen molar-refractivity contribution in [2.24, 2.45) is 10.1 Å². The molecule has 0 spiro atoms. The lowest BCUT2D eigenvalue weighted by atomic mass is 10.2. The summed E-state index contributed by atoms with van der Waals surface area (Å²) in [5.41, 5.74) is 2.18. The molecule has 0 bridgehead atoms. The highest BCUT2D eigenvalue weighted by atomic mass is 32.2. The average Bonchev–Trinajstić information content (AvgIpc) is 3.41. The van der Waals surface area contributed by atoms with Crippen LogP contribution in [0, 0.1) is 6.92 Å². The quantitative estimate of drug-likeness (QED) is 0.225. The van der Waals surface area contributed by atoms with Gasteiger partial charge in [-0.15, -0.1) is 10.2 Å². The minimum atomic E-state index is -4.34. The number of nitrogens with zero attached hydrogens (tertiary/aromatic N) is 9. The molecule has 3 aromatic heterocycles. The number of aryl methyl sites for hydroxylation is 1. The summed E-state index contributed by atoms with van der Waals surface area (Å²) in [5.74, 6) is -0.382. The predicted octanol–water partition coefficient (Wildman–Crippen LogP) is 0.706. The summed E-state index contributed by atoms with van der Waals surface area (Å²) in [6, 6.07) is 8.45. The maximum Gasteiger partial charge on any atom is 0.266 e. The molecule has 5 heterocycles. The highest BCUT2D eigenvalue weighted by molar-refractivity contribution is 7.90. The van der Waals surface area contributed by atoms with Crippen molar-refractivity contribution in [3.05, 3.63) is 48.0 Å². The standard InChI is InChI=1S/C20H21N9O8S3/c1-13-14(5-6-17(22-13)27(8-10-39(30,31)32)9-11-40(33,34)35)23-18-16(12-28-36-38-37-28)26-29-19(24-25-20(18)29)15-4-2-3-7-21-15/h2-7H,8-12H2,1H3,(H,30,31,32)(H,33,34,35). The first-order chi connectivity index (χ1) is 19.0. The lowest BCUT2D eigenvalue weighted by molar-refractivity contribution is -0.291. The number of aromatic nitrogens is 5. The van der Waals surface area contributed by atoms with Gasteiger partial charge in [-0.05, 0) is 36.4 Å². The SMILES string of the molecule is Cc1nc(N(CCS(=O)(=O)O)CCS(=O)(=O)O)ccc1N=C1C(CN2OSO2)=Nn2c1nnc2-c1ccccn1. The number of anilines is 1. The Kier molecular flexibility index (Phi) is 7.92. The van der Waals surface area contributed by atoms with Gasteiger partial charge in [-0.1, -0.05) is 6.07 Å². The van der Waals surface area contributed by atoms with Gasteiger partial charge in [0.25, 0.3) is 20.2 Å². The van der Waals surface area contributed by atoms with Gasteiger partial charge in [0.05, 0.1) is 22.9 Å². The Morgan fingerprint density at radius 3 is 2.27 bits per heavy atom. The van der Waals surface area contributed by atoms with Crippen LogP contribution in [0.5, 0.6) is 0 Å². The zero-order valence-electron chi connectivity index (χ0n) is 20.6. The number of rotatable bonds is 11. The maximum absolute atomic E-state index is 11.3. The normalized spacial score (nSPS) is 16.6. The first-order valence-corrected chi connectivity index (χ1v) is 15.3. The Bertz CT molecular complexity index is 1650. The van der Waals surface area contributed by atoms with E-state index in [-0.39, 0.29) is 25.5 Å². The topological polar surface area (TPSA) is 215 Å². The van der Waals surface area contributed by atoms with Crippen LogP contribution in [-0.2, 0) is 28.8 Å². The number of hydroxylamine groups is 2. The molecule has 0 atom stereocenters. The number of pyridine rings is 2. The fraction of sp³-hybridized carbons (Fsp3) is 0.300. The fourth-order valence-electron chi connectivity index (χ4n) is 3.69. The third-order valence-corrected chi connectivity index (χ3v) is 7.44. The van der Waals surface area contributed by atoms with E-state index >= 15 is 0 Å². The summed E-state index contributed by atoms with van der Waals surface area (Å²) in [4.78, 5) is 14.8. The molecule has 0 unspecified atom stereocenters. The number of fused-ring (bicyclic) bond motifs is 1. The van der Waals surface area contributed by atoms with Gasteiger partial charge in [0.15, 0.2) is 0 Å². The van der Waals surface area contributed by atoms with Crippen molar-refractivity contribution in [2.75, 3.05) is 36.0 Å². The Balaban J connectivity index is 1.48. The van der Waals surface area contributed by atoms with Gasteiger partial charge in [-0.25, -0.2) is 9.98 Å². The third kappa shape index (κ3) is 6.67. The zero-order chi connectivity index (χ0) is 28.5. The van der Waals surface area contributed by atoms with Crippen LogP contribution in [0.2, 0.25) is 0 Å². The van der Waals surface area contributed by atoms with Gasteiger partial charge in [0.2, 0.25) is 24.0 Å². The maximum atomic E-state index is 11.3. The van der Waals surface area contributed by atoms with E-state index in [9.17, 15) is 16.8 Å². The molecule has 2 N–H and O–H groups in total. The molecule has 0 saturated carbocycles. The molecule has 40 heavy (non-hydrogen) atoms. The average molecular weight is 612 g/mol. The van der Waals surface area contributed by atoms with E-state index in [4.69, 9.17) is 22.7 Å². The molecule has 212 valence electrons. The van der Waals surface area contributed by atoms with Gasteiger partial charge < -0.3 is 4.90 Å². The van der Waals surface area contributed by atoms with Gasteiger partial charge in [0, 0.05) is 19.3 Å². The molecule has 0 amide bonds. The van der Waals surface area contributed by atoms with E-state index in [2.05, 4.69) is 25.3 Å². The Labute approximate surface area is 232 Å². The first-order valence-electron chi connectivity index (χ1n) is 11.4. The van der Waals surface area contributed by atoms with Crippen LogP contribution < -0.4 is 4.90 Å². The lowest BCUT2D eigenvalue weighted by Crippen LogP contribution is -2.35. The lowest BCUT2D eigenvalue weighted by Gasteiger charge is -2.24. The summed E-state index contributed by atoms with van der Waals surface area (Å²) >= 11 is 0.802. The number of aliphatic imine (C=N–C) groups is 1. The predicted molar refractivity (Wildman–Crippen MR) is 143 cm³/mol. The molecule has 2 aliphatic heterocycles. The van der Waals surface area contributed by atoms with Crippen LogP contribution in [0.25, 0.3) is 11.5 Å². The van der Waals surface area contributed by atoms with Crippen molar-refractivity contribution in [3.63, 3.8) is 0 Å². The summed E-state index contributed by atoms with van der Waals surface area (Å²) in [6.45, 7) is 1.23. The molecule has 1 saturated heterocycles. The van der Waals surface area contributed by atoms with E-state index < -0.39 is 31.7 Å². The minimum Gasteiger partial charge on any atom is -0.354 e. The molecule has 20 heteroatoms. The van der Waals surface area contributed by atoms with Crippen molar-refractivity contribution in [3.8, 4) is 11.5 Å². The van der Waals surface area contributed by atoms with E-state index in [1.54, 1.807) is 31.3 Å². The molecule has 3 aromatic rings. The molecule has 2 aliphatic rings. The first kappa shape index (κ1) is 28.2. The molecule has 0 aromatic carbocycles. The number of hydrogen-bond acceptors (Lipinski definition) is 15. The van der Waals surface area contributed by atoms with Gasteiger partial charge >= 0.3 is 0 Å². The smallest absolute Gasteiger partial charge is 0.266 e. The number of hydrogen-bond donors (Lipinski definition) is 2. The Hall–Kier alpha value is -3.37. The highest BCUT2D eigenvalue weighted by Crippen LogP contribution is 2.28. The molecule has 1 fully saturated rings. The molecule has 17 nitrogen and oxygen atoms in total. The third-order valence-electron chi connectivity index (χ3n) is 5.58. The van der Waals surface area contributed by atoms with Crippen molar-refractivity contribution in [2.45, 2.75) is 6.92 Å². The van der Waals surface area contributed by atoms with Crippen LogP contribution in [0.4, 0.5) is 11.5 Å². The molecule has 0 aliphatic carbocycles. The van der Waals surface area contributed by atoms with Crippen LogP contribution in [0.15, 0.2) is 46.6 Å². The monoisotopic (exact) mass is 611 g/mol. The second kappa shape index (κ2) is 11.2. The Morgan fingerprint density at radius 2 is 1.70 bits per heavy atom.